The molecule has 1 aromatic carbocycles. The highest BCUT2D eigenvalue weighted by Gasteiger charge is 2.36. The maximum Gasteiger partial charge on any atom is 0.272 e. The summed E-state index contributed by atoms with van der Waals surface area (Å²) in [5.74, 6) is 0.422. The Balaban J connectivity index is 1.38. The Hall–Kier alpha value is -2.67. The van der Waals surface area contributed by atoms with Crippen LogP contribution >= 0.6 is 0 Å². The third-order valence-electron chi connectivity index (χ3n) is 6.13. The molecule has 1 amide bonds. The second kappa shape index (κ2) is 6.49. The van der Waals surface area contributed by atoms with E-state index in [9.17, 15) is 4.79 Å². The van der Waals surface area contributed by atoms with Gasteiger partial charge < -0.3 is 14.6 Å². The lowest BCUT2D eigenvalue weighted by molar-refractivity contribution is 0.0462. The van der Waals surface area contributed by atoms with Gasteiger partial charge in [-0.2, -0.15) is 5.10 Å². The molecule has 2 aliphatic heterocycles. The molecule has 5 rings (SSSR count). The molecule has 0 spiro atoms. The molecular formula is C20H23N5O2. The van der Waals surface area contributed by atoms with Gasteiger partial charge in [0, 0.05) is 29.1 Å². The Morgan fingerprint density at radius 1 is 1.30 bits per heavy atom. The Bertz CT molecular complexity index is 950. The number of H-pyrrole nitrogens is 1. The lowest BCUT2D eigenvalue weighted by Crippen LogP contribution is -2.55. The second-order valence-electron chi connectivity index (χ2n) is 7.72. The van der Waals surface area contributed by atoms with E-state index in [4.69, 9.17) is 4.42 Å². The van der Waals surface area contributed by atoms with E-state index < -0.39 is 0 Å². The van der Waals surface area contributed by atoms with Gasteiger partial charge in [-0.25, -0.2) is 4.98 Å². The minimum absolute atomic E-state index is 0.113. The van der Waals surface area contributed by atoms with E-state index in [0.29, 0.717) is 23.7 Å². The van der Waals surface area contributed by atoms with Gasteiger partial charge in [0.1, 0.15) is 6.26 Å². The maximum atomic E-state index is 12.9. The molecule has 140 valence electrons. The van der Waals surface area contributed by atoms with Crippen molar-refractivity contribution in [3.05, 3.63) is 36.4 Å². The summed E-state index contributed by atoms with van der Waals surface area (Å²) in [6.07, 6.45) is 8.94. The minimum atomic E-state index is -0.113. The van der Waals surface area contributed by atoms with Crippen molar-refractivity contribution in [3.8, 4) is 11.5 Å². The van der Waals surface area contributed by atoms with E-state index in [0.717, 1.165) is 29.3 Å². The van der Waals surface area contributed by atoms with E-state index in [-0.39, 0.29) is 11.9 Å². The molecule has 4 heterocycles. The molecule has 2 aromatic heterocycles. The molecule has 7 nitrogen and oxygen atoms in total. The van der Waals surface area contributed by atoms with E-state index >= 15 is 0 Å². The smallest absolute Gasteiger partial charge is 0.272 e. The van der Waals surface area contributed by atoms with Crippen molar-refractivity contribution in [3.63, 3.8) is 0 Å². The number of piperidine rings is 2. The fourth-order valence-electron chi connectivity index (χ4n) is 4.67. The fraction of sp³-hybridized carbons (Fsp3) is 0.450. The van der Waals surface area contributed by atoms with Gasteiger partial charge in [-0.15, -0.1) is 0 Å². The van der Waals surface area contributed by atoms with Crippen molar-refractivity contribution < 1.29 is 9.21 Å². The van der Waals surface area contributed by atoms with E-state index in [1.165, 1.54) is 19.3 Å². The topological polar surface area (TPSA) is 87.0 Å². The fourth-order valence-corrected chi connectivity index (χ4v) is 4.67. The molecule has 0 saturated carbocycles. The molecule has 2 N–H and O–H groups in total. The number of hydrogen-bond donors (Lipinski definition) is 2. The lowest BCUT2D eigenvalue weighted by Gasteiger charge is -2.47. The summed E-state index contributed by atoms with van der Waals surface area (Å²) in [4.78, 5) is 19.6. The predicted molar refractivity (Wildman–Crippen MR) is 101 cm³/mol. The van der Waals surface area contributed by atoms with Gasteiger partial charge in [-0.05, 0) is 50.9 Å². The zero-order chi connectivity index (χ0) is 18.4. The van der Waals surface area contributed by atoms with Crippen LogP contribution in [0.15, 0.2) is 35.1 Å². The number of rotatable bonds is 3. The number of nitrogens with one attached hydrogen (secondary N) is 2. The monoisotopic (exact) mass is 365 g/mol. The van der Waals surface area contributed by atoms with Gasteiger partial charge in [-0.3, -0.25) is 9.89 Å². The highest BCUT2D eigenvalue weighted by Crippen LogP contribution is 2.33. The average molecular weight is 365 g/mol. The van der Waals surface area contributed by atoms with Crippen LogP contribution in [0, 0.1) is 0 Å². The normalized spacial score (nSPS) is 25.6. The largest absolute Gasteiger partial charge is 0.445 e. The van der Waals surface area contributed by atoms with Crippen molar-refractivity contribution >= 4 is 16.8 Å². The number of benzene rings is 1. The number of aromatic nitrogens is 3. The van der Waals surface area contributed by atoms with Gasteiger partial charge in [0.15, 0.2) is 5.69 Å². The molecule has 27 heavy (non-hydrogen) atoms. The van der Waals surface area contributed by atoms with Gasteiger partial charge in [0.2, 0.25) is 5.89 Å². The van der Waals surface area contributed by atoms with Crippen molar-refractivity contribution in [1.82, 2.24) is 25.4 Å². The zero-order valence-corrected chi connectivity index (χ0v) is 15.3. The summed E-state index contributed by atoms with van der Waals surface area (Å²) in [6, 6.07) is 7.09. The van der Waals surface area contributed by atoms with Crippen LogP contribution in [0.5, 0.6) is 0 Å². The maximum absolute atomic E-state index is 12.9. The first-order chi connectivity index (χ1) is 13.2. The van der Waals surface area contributed by atoms with Crippen molar-refractivity contribution in [1.29, 1.82) is 0 Å². The summed E-state index contributed by atoms with van der Waals surface area (Å²) < 4.78 is 5.37. The van der Waals surface area contributed by atoms with Gasteiger partial charge >= 0.3 is 0 Å². The highest BCUT2D eigenvalue weighted by molar-refractivity contribution is 6.05. The van der Waals surface area contributed by atoms with Crippen molar-refractivity contribution in [2.45, 2.75) is 50.2 Å². The second-order valence-corrected chi connectivity index (χ2v) is 7.72. The van der Waals surface area contributed by atoms with Crippen molar-refractivity contribution in [2.24, 2.45) is 0 Å². The molecular weight excluding hydrogens is 342 g/mol. The minimum Gasteiger partial charge on any atom is -0.445 e. The Kier molecular flexibility index (Phi) is 3.97. The third kappa shape index (κ3) is 2.92. The highest BCUT2D eigenvalue weighted by atomic mass is 16.3. The number of oxazole rings is 1. The Morgan fingerprint density at radius 2 is 2.11 bits per heavy atom. The molecule has 3 aromatic rings. The lowest BCUT2D eigenvalue weighted by atomic mass is 9.82. The zero-order valence-electron chi connectivity index (χ0n) is 15.3. The summed E-state index contributed by atoms with van der Waals surface area (Å²) in [5.41, 5.74) is 2.09. The van der Waals surface area contributed by atoms with Crippen molar-refractivity contribution in [2.75, 3.05) is 7.05 Å². The predicted octanol–water partition coefficient (Wildman–Crippen LogP) is 2.96. The molecule has 3 atom stereocenters. The van der Waals surface area contributed by atoms with E-state index in [1.54, 1.807) is 12.5 Å². The van der Waals surface area contributed by atoms with Crippen LogP contribution in [0.2, 0.25) is 0 Å². The van der Waals surface area contributed by atoms with Gasteiger partial charge in [0.25, 0.3) is 5.91 Å². The molecule has 2 saturated heterocycles. The number of amides is 1. The summed E-state index contributed by atoms with van der Waals surface area (Å²) in [5, 5.41) is 11.2. The van der Waals surface area contributed by atoms with Crippen LogP contribution in [0.1, 0.15) is 42.6 Å². The Morgan fingerprint density at radius 3 is 2.85 bits per heavy atom. The van der Waals surface area contributed by atoms with Crippen LogP contribution in [0.4, 0.5) is 0 Å². The average Bonchev–Trinajstić information content (AvgIpc) is 3.31. The molecule has 0 radical (unpaired) electrons. The molecule has 0 unspecified atom stereocenters. The van der Waals surface area contributed by atoms with Gasteiger partial charge in [0.05, 0.1) is 11.7 Å². The number of hydrogen-bond acceptors (Lipinski definition) is 5. The summed E-state index contributed by atoms with van der Waals surface area (Å²) in [6.45, 7) is 0. The Labute approximate surface area is 157 Å². The SMILES string of the molecule is CN1[C@@H]2CCC[C@H]1C[C@@H](NC(=O)c1n[nH]c3ccc(-c4ncco4)cc13)C2. The number of carbonyl (C=O) groups is 1. The van der Waals surface area contributed by atoms with Crippen LogP contribution in [0.3, 0.4) is 0 Å². The number of carbonyl (C=O) groups excluding carboxylic acids is 1. The van der Waals surface area contributed by atoms with E-state index in [1.807, 2.05) is 18.2 Å². The van der Waals surface area contributed by atoms with Crippen LogP contribution in [-0.4, -0.2) is 51.2 Å². The number of nitrogens with zero attached hydrogens (tertiary/aromatic N) is 3. The first-order valence-electron chi connectivity index (χ1n) is 9.60. The summed E-state index contributed by atoms with van der Waals surface area (Å²) >= 11 is 0. The molecule has 2 aliphatic rings. The molecule has 7 heteroatoms. The number of aromatic amines is 1. The molecule has 2 bridgehead atoms. The van der Waals surface area contributed by atoms with Gasteiger partial charge in [-0.1, -0.05) is 6.42 Å². The first-order valence-corrected chi connectivity index (χ1v) is 9.60. The molecule has 0 aliphatic carbocycles. The van der Waals surface area contributed by atoms with Crippen LogP contribution in [-0.2, 0) is 0 Å². The summed E-state index contributed by atoms with van der Waals surface area (Å²) in [7, 11) is 2.22. The van der Waals surface area contributed by atoms with E-state index in [2.05, 4.69) is 32.4 Å². The quantitative estimate of drug-likeness (QED) is 0.745. The van der Waals surface area contributed by atoms with Crippen LogP contribution < -0.4 is 5.32 Å². The van der Waals surface area contributed by atoms with Crippen LogP contribution in [0.25, 0.3) is 22.4 Å². The standard InChI is InChI=1S/C20H23N5O2/c1-25-14-3-2-4-15(25)11-13(10-14)22-19(26)18-16-9-12(20-21-7-8-27-20)5-6-17(16)23-24-18/h5-9,13-15H,2-4,10-11H2,1H3,(H,22,26)(H,23,24)/t13-,14+,15-. The third-order valence-corrected chi connectivity index (χ3v) is 6.13. The molecule has 2 fully saturated rings. The number of fused-ring (bicyclic) bond motifs is 3. The first kappa shape index (κ1) is 16.5.